The monoisotopic (exact) mass is 280 g/mol. The Labute approximate surface area is 126 Å². The van der Waals surface area contributed by atoms with Crippen molar-refractivity contribution in [2.24, 2.45) is 0 Å². The lowest BCUT2D eigenvalue weighted by atomic mass is 9.91. The summed E-state index contributed by atoms with van der Waals surface area (Å²) in [7, 11) is 3.52. The van der Waals surface area contributed by atoms with Crippen molar-refractivity contribution in [3.05, 3.63) is 71.3 Å². The number of ether oxygens (including phenoxy) is 2. The van der Waals surface area contributed by atoms with Gasteiger partial charge in [0, 0.05) is 20.1 Å². The number of hydrogen-bond acceptors (Lipinski definition) is 2. The van der Waals surface area contributed by atoms with E-state index in [0.29, 0.717) is 13.2 Å². The number of rotatable bonds is 5. The minimum atomic E-state index is 0.277. The second-order valence-electron chi connectivity index (χ2n) is 5.29. The third-order valence-electron chi connectivity index (χ3n) is 4.04. The molecule has 0 fully saturated rings. The van der Waals surface area contributed by atoms with Gasteiger partial charge in [0.25, 0.3) is 0 Å². The fourth-order valence-corrected chi connectivity index (χ4v) is 3.22. The summed E-state index contributed by atoms with van der Waals surface area (Å²) in [6.07, 6.45) is 0. The summed E-state index contributed by atoms with van der Waals surface area (Å²) in [6, 6.07) is 19.1. The lowest BCUT2D eigenvalue weighted by molar-refractivity contribution is 0.194. The van der Waals surface area contributed by atoms with Gasteiger partial charge in [-0.25, -0.2) is 0 Å². The molecule has 0 saturated heterocycles. The highest BCUT2D eigenvalue weighted by Crippen LogP contribution is 2.46. The van der Waals surface area contributed by atoms with Crippen molar-refractivity contribution in [2.45, 2.75) is 5.92 Å². The fraction of sp³-hybridized carbons (Fsp3) is 0.263. The summed E-state index contributed by atoms with van der Waals surface area (Å²) in [5.41, 5.74) is 6.50. The van der Waals surface area contributed by atoms with Gasteiger partial charge in [0.15, 0.2) is 0 Å². The molecular formula is C19H20O2. The summed E-state index contributed by atoms with van der Waals surface area (Å²) in [5.74, 6) is 0.277. The molecule has 1 aliphatic rings. The molecule has 0 aromatic heterocycles. The molecule has 108 valence electrons. The molecule has 1 aliphatic carbocycles. The highest BCUT2D eigenvalue weighted by molar-refractivity contribution is 6.00. The van der Waals surface area contributed by atoms with Crippen LogP contribution in [0.1, 0.15) is 22.6 Å². The van der Waals surface area contributed by atoms with Crippen LogP contribution in [0.25, 0.3) is 11.1 Å². The van der Waals surface area contributed by atoms with Crippen molar-refractivity contribution in [2.75, 3.05) is 27.4 Å². The minimum absolute atomic E-state index is 0.277. The van der Waals surface area contributed by atoms with E-state index in [1.165, 1.54) is 27.8 Å². The van der Waals surface area contributed by atoms with Gasteiger partial charge in [-0.05, 0) is 27.8 Å². The van der Waals surface area contributed by atoms with E-state index in [4.69, 9.17) is 9.47 Å². The van der Waals surface area contributed by atoms with Crippen LogP contribution in [0.3, 0.4) is 0 Å². The van der Waals surface area contributed by atoms with Crippen LogP contribution in [-0.4, -0.2) is 27.4 Å². The molecule has 0 amide bonds. The predicted molar refractivity (Wildman–Crippen MR) is 86.2 cm³/mol. The Kier molecular flexibility index (Phi) is 4.18. The molecule has 21 heavy (non-hydrogen) atoms. The average Bonchev–Trinajstić information content (AvgIpc) is 2.84. The zero-order valence-corrected chi connectivity index (χ0v) is 12.5. The molecule has 0 spiro atoms. The van der Waals surface area contributed by atoms with Crippen molar-refractivity contribution in [1.82, 2.24) is 0 Å². The van der Waals surface area contributed by atoms with Gasteiger partial charge >= 0.3 is 0 Å². The molecule has 2 heteroatoms. The zero-order valence-electron chi connectivity index (χ0n) is 12.5. The van der Waals surface area contributed by atoms with E-state index < -0.39 is 0 Å². The van der Waals surface area contributed by atoms with E-state index in [9.17, 15) is 0 Å². The first-order valence-electron chi connectivity index (χ1n) is 7.22. The Morgan fingerprint density at radius 1 is 0.857 bits per heavy atom. The highest BCUT2D eigenvalue weighted by atomic mass is 16.5. The largest absolute Gasteiger partial charge is 0.384 e. The van der Waals surface area contributed by atoms with Gasteiger partial charge in [-0.1, -0.05) is 54.6 Å². The molecule has 2 aromatic carbocycles. The summed E-state index contributed by atoms with van der Waals surface area (Å²) < 4.78 is 10.9. The molecule has 0 aliphatic heterocycles. The van der Waals surface area contributed by atoms with Crippen molar-refractivity contribution in [3.8, 4) is 0 Å². The molecule has 0 saturated carbocycles. The van der Waals surface area contributed by atoms with E-state index in [-0.39, 0.29) is 5.92 Å². The number of methoxy groups -OCH3 is 2. The van der Waals surface area contributed by atoms with E-state index in [2.05, 4.69) is 48.5 Å². The van der Waals surface area contributed by atoms with Gasteiger partial charge < -0.3 is 9.47 Å². The van der Waals surface area contributed by atoms with Crippen LogP contribution in [0.15, 0.2) is 54.6 Å². The van der Waals surface area contributed by atoms with Crippen LogP contribution in [-0.2, 0) is 9.47 Å². The molecule has 0 N–H and O–H groups in total. The Hall–Kier alpha value is -1.90. The topological polar surface area (TPSA) is 18.5 Å². The summed E-state index contributed by atoms with van der Waals surface area (Å²) in [4.78, 5) is 0. The Bertz CT molecular complexity index is 644. The van der Waals surface area contributed by atoms with Gasteiger partial charge in [0.1, 0.15) is 0 Å². The quantitative estimate of drug-likeness (QED) is 0.824. The molecule has 3 rings (SSSR count). The molecule has 0 bridgehead atoms. The molecular weight excluding hydrogens is 260 g/mol. The second kappa shape index (κ2) is 6.25. The molecule has 1 atom stereocenters. The molecule has 1 unspecified atom stereocenters. The van der Waals surface area contributed by atoms with Crippen molar-refractivity contribution in [1.29, 1.82) is 0 Å². The SMILES string of the molecule is COCC1=C(c2ccccc2)C(COC)c2ccccc21. The first-order valence-corrected chi connectivity index (χ1v) is 7.22. The average molecular weight is 280 g/mol. The van der Waals surface area contributed by atoms with Crippen LogP contribution in [0.4, 0.5) is 0 Å². The Morgan fingerprint density at radius 2 is 1.57 bits per heavy atom. The Balaban J connectivity index is 2.17. The van der Waals surface area contributed by atoms with Crippen molar-refractivity contribution >= 4 is 11.1 Å². The molecule has 0 heterocycles. The maximum atomic E-state index is 5.49. The van der Waals surface area contributed by atoms with Crippen molar-refractivity contribution in [3.63, 3.8) is 0 Å². The van der Waals surface area contributed by atoms with E-state index in [0.717, 1.165) is 0 Å². The molecule has 2 aromatic rings. The standard InChI is InChI=1S/C19H20O2/c1-20-12-17-15-10-6-7-11-16(15)18(13-21-2)19(17)14-8-4-3-5-9-14/h3-11,17H,12-13H2,1-2H3. The smallest absolute Gasteiger partial charge is 0.0722 e. The first-order chi connectivity index (χ1) is 10.4. The number of benzene rings is 2. The lowest BCUT2D eigenvalue weighted by Gasteiger charge is -2.16. The Morgan fingerprint density at radius 3 is 2.29 bits per heavy atom. The number of hydrogen-bond donors (Lipinski definition) is 0. The number of fused-ring (bicyclic) bond motifs is 1. The summed E-state index contributed by atoms with van der Waals surface area (Å²) in [5, 5.41) is 0. The zero-order chi connectivity index (χ0) is 14.7. The highest BCUT2D eigenvalue weighted by Gasteiger charge is 2.31. The summed E-state index contributed by atoms with van der Waals surface area (Å²) >= 11 is 0. The fourth-order valence-electron chi connectivity index (χ4n) is 3.22. The van der Waals surface area contributed by atoms with Crippen LogP contribution in [0.2, 0.25) is 0 Å². The second-order valence-corrected chi connectivity index (χ2v) is 5.29. The van der Waals surface area contributed by atoms with Crippen LogP contribution in [0.5, 0.6) is 0 Å². The normalized spacial score (nSPS) is 17.1. The van der Waals surface area contributed by atoms with Crippen LogP contribution in [0, 0.1) is 0 Å². The maximum absolute atomic E-state index is 5.49. The van der Waals surface area contributed by atoms with Gasteiger partial charge in [-0.2, -0.15) is 0 Å². The van der Waals surface area contributed by atoms with Gasteiger partial charge in [-0.15, -0.1) is 0 Å². The van der Waals surface area contributed by atoms with E-state index in [1.54, 1.807) is 14.2 Å². The maximum Gasteiger partial charge on any atom is 0.0722 e. The predicted octanol–water partition coefficient (Wildman–Crippen LogP) is 3.99. The van der Waals surface area contributed by atoms with Crippen LogP contribution < -0.4 is 0 Å². The van der Waals surface area contributed by atoms with Gasteiger partial charge in [-0.3, -0.25) is 0 Å². The van der Waals surface area contributed by atoms with Crippen LogP contribution >= 0.6 is 0 Å². The lowest BCUT2D eigenvalue weighted by Crippen LogP contribution is -2.06. The van der Waals surface area contributed by atoms with E-state index >= 15 is 0 Å². The minimum Gasteiger partial charge on any atom is -0.384 e. The first kappa shape index (κ1) is 14.1. The van der Waals surface area contributed by atoms with Crippen molar-refractivity contribution < 1.29 is 9.47 Å². The molecule has 0 radical (unpaired) electrons. The van der Waals surface area contributed by atoms with Gasteiger partial charge in [0.2, 0.25) is 0 Å². The summed E-state index contributed by atoms with van der Waals surface area (Å²) in [6.45, 7) is 1.32. The van der Waals surface area contributed by atoms with Gasteiger partial charge in [0.05, 0.1) is 13.2 Å². The third-order valence-corrected chi connectivity index (χ3v) is 4.04. The third kappa shape index (κ3) is 2.53. The molecule has 2 nitrogen and oxygen atoms in total. The van der Waals surface area contributed by atoms with E-state index in [1.807, 2.05) is 6.07 Å².